The summed E-state index contributed by atoms with van der Waals surface area (Å²) in [6, 6.07) is 8.37. The van der Waals surface area contributed by atoms with E-state index in [9.17, 15) is 9.59 Å². The summed E-state index contributed by atoms with van der Waals surface area (Å²) in [6.07, 6.45) is 4.77. The summed E-state index contributed by atoms with van der Waals surface area (Å²) in [5.41, 5.74) is 0. The highest BCUT2D eigenvalue weighted by Crippen LogP contribution is 2.45. The minimum absolute atomic E-state index is 0.0199. The van der Waals surface area contributed by atoms with E-state index in [2.05, 4.69) is 23.7 Å². The lowest BCUT2D eigenvalue weighted by molar-refractivity contribution is -0.172. The van der Waals surface area contributed by atoms with Crippen LogP contribution in [0.15, 0.2) is 0 Å². The van der Waals surface area contributed by atoms with Crippen molar-refractivity contribution in [1.29, 1.82) is 0 Å². The maximum Gasteiger partial charge on any atom is 0.500 e. The van der Waals surface area contributed by atoms with Gasteiger partial charge < -0.3 is 63.7 Å². The summed E-state index contributed by atoms with van der Waals surface area (Å²) in [5.74, 6) is -8.27. The van der Waals surface area contributed by atoms with Crippen molar-refractivity contribution < 1.29 is 71.5 Å². The number of carbonyl (C=O) groups is 2. The summed E-state index contributed by atoms with van der Waals surface area (Å²) < 4.78 is 100. The Kier molecular flexibility index (Phi) is 29.3. The Morgan fingerprint density at radius 2 is 0.646 bits per heavy atom. The number of amides is 2. The molecule has 2 amide bonds. The van der Waals surface area contributed by atoms with Crippen LogP contribution in [-0.2, 0) is 62.7 Å². The number of halogens is 2. The maximum absolute atomic E-state index is 16.3. The normalized spacial score (nSPS) is 18.8. The minimum atomic E-state index is -3.49. The predicted molar refractivity (Wildman–Crippen MR) is 262 cm³/mol. The van der Waals surface area contributed by atoms with Gasteiger partial charge in [-0.05, 0) is 31.6 Å². The minimum Gasteiger partial charge on any atom is -0.377 e. The van der Waals surface area contributed by atoms with E-state index >= 15 is 8.78 Å². The molecule has 0 spiro atoms. The second kappa shape index (κ2) is 30.4. The van der Waals surface area contributed by atoms with Gasteiger partial charge in [-0.2, -0.15) is 0 Å². The van der Waals surface area contributed by atoms with Crippen molar-refractivity contribution >= 4 is 63.2 Å². The van der Waals surface area contributed by atoms with Gasteiger partial charge in [-0.15, -0.1) is 0 Å². The third kappa shape index (κ3) is 19.4. The van der Waals surface area contributed by atoms with Crippen LogP contribution in [0.4, 0.5) is 8.78 Å². The highest BCUT2D eigenvalue weighted by molar-refractivity contribution is 6.79. The first-order valence-electron chi connectivity index (χ1n) is 23.2. The van der Waals surface area contributed by atoms with E-state index in [1.54, 1.807) is 85.3 Å². The Labute approximate surface area is 397 Å². The second-order valence-electron chi connectivity index (χ2n) is 18.4. The fraction of sp³-hybridized carbons (Fsp3) is 0.951. The van der Waals surface area contributed by atoms with Crippen molar-refractivity contribution in [2.24, 2.45) is 17.8 Å². The molecule has 2 unspecified atom stereocenters. The molecule has 0 radical (unpaired) electrons. The third-order valence-corrected chi connectivity index (χ3v) is 34.8. The van der Waals surface area contributed by atoms with Crippen molar-refractivity contribution in [1.82, 2.24) is 10.6 Å². The van der Waals surface area contributed by atoms with Crippen molar-refractivity contribution in [2.75, 3.05) is 98.4 Å². The number of carbonyl (C=O) groups excluding carboxylic acids is 2. The molecule has 1 fully saturated rings. The molecule has 65 heavy (non-hydrogen) atoms. The molecule has 1 aliphatic rings. The monoisotopic (exact) mass is 1040 g/mol. The van der Waals surface area contributed by atoms with E-state index in [0.29, 0.717) is 37.0 Å². The van der Waals surface area contributed by atoms with E-state index in [-0.39, 0.29) is 31.8 Å². The van der Waals surface area contributed by atoms with Gasteiger partial charge in [0.15, 0.2) is 0 Å². The van der Waals surface area contributed by atoms with Crippen molar-refractivity contribution in [2.45, 2.75) is 138 Å². The Bertz CT molecular complexity index is 1160. The molecule has 0 heterocycles. The summed E-state index contributed by atoms with van der Waals surface area (Å²) >= 11 is 0. The predicted octanol–water partition coefficient (Wildman–Crippen LogP) is 7.53. The fourth-order valence-corrected chi connectivity index (χ4v) is 25.6. The lowest BCUT2D eigenvalue weighted by Gasteiger charge is -2.39. The summed E-state index contributed by atoms with van der Waals surface area (Å²) in [4.78, 5) is 27.1. The molecule has 2 atom stereocenters. The molecule has 0 saturated heterocycles. The molecule has 0 aromatic heterocycles. The zero-order chi connectivity index (χ0) is 49.4. The Morgan fingerprint density at radius 3 is 0.862 bits per heavy atom. The maximum atomic E-state index is 16.3. The van der Waals surface area contributed by atoms with Crippen molar-refractivity contribution in [3.63, 3.8) is 0 Å². The van der Waals surface area contributed by atoms with E-state index in [1.807, 2.05) is 6.92 Å². The molecule has 0 bridgehead atoms. The molecule has 2 N–H and O–H groups in total. The van der Waals surface area contributed by atoms with Crippen LogP contribution in [0, 0.1) is 17.8 Å². The molecule has 0 aliphatic heterocycles. The average Bonchev–Trinajstić information content (AvgIpc) is 3.31. The van der Waals surface area contributed by atoms with Crippen LogP contribution < -0.4 is 10.6 Å². The van der Waals surface area contributed by atoms with E-state index in [1.165, 1.54) is 0 Å². The molecule has 1 rings (SSSR count). The number of hydrogen-bond donors (Lipinski definition) is 2. The van der Waals surface area contributed by atoms with Gasteiger partial charge in [0, 0.05) is 123 Å². The van der Waals surface area contributed by atoms with Gasteiger partial charge >= 0.3 is 35.2 Å². The van der Waals surface area contributed by atoms with E-state index in [0.717, 1.165) is 61.9 Å². The average molecular weight is 1040 g/mol. The van der Waals surface area contributed by atoms with E-state index in [4.69, 9.17) is 53.1 Å². The zero-order valence-corrected chi connectivity index (χ0v) is 48.8. The lowest BCUT2D eigenvalue weighted by Crippen LogP contribution is -2.54. The number of alkyl halides is 2. The van der Waals surface area contributed by atoms with Gasteiger partial charge in [-0.25, -0.2) is 8.78 Å². The first kappa shape index (κ1) is 62.6. The second-order valence-corrected chi connectivity index (χ2v) is 41.0. The first-order valence-corrected chi connectivity index (χ1v) is 37.2. The van der Waals surface area contributed by atoms with Crippen LogP contribution in [0.2, 0.25) is 73.5 Å². The Hall–Kier alpha value is -0.379. The molecule has 1 saturated carbocycles. The van der Waals surface area contributed by atoms with Crippen LogP contribution in [-0.4, -0.2) is 168 Å². The van der Waals surface area contributed by atoms with Crippen LogP contribution in [0.25, 0.3) is 0 Å². The van der Waals surface area contributed by atoms with Crippen molar-refractivity contribution in [3.8, 4) is 0 Å². The highest BCUT2D eigenvalue weighted by Gasteiger charge is 2.57. The van der Waals surface area contributed by atoms with Crippen molar-refractivity contribution in [3.05, 3.63) is 0 Å². The number of rotatable bonds is 38. The largest absolute Gasteiger partial charge is 0.500 e. The SMILES string of the molecule is CO[Si](CCC[Si](C)(CCCNC(=O)C1CC(C)CC(C(=O)NCCC[Si](C)(CCC[Si](OC)(OC)OC)CCC[Si](OC)(OC)OC)C1(F)F)CCC[Si](OC)(OC)OC)(OC)OC. The molecule has 386 valence electrons. The Balaban J connectivity index is 2.98. The summed E-state index contributed by atoms with van der Waals surface area (Å²) in [7, 11) is 4.46. The van der Waals surface area contributed by atoms with Crippen LogP contribution in [0.1, 0.15) is 58.3 Å². The number of hydrogen-bond acceptors (Lipinski definition) is 14. The Morgan fingerprint density at radius 1 is 0.431 bits per heavy atom. The van der Waals surface area contributed by atoms with E-state index < -0.39 is 80.9 Å². The van der Waals surface area contributed by atoms with Crippen LogP contribution in [0.5, 0.6) is 0 Å². The molecule has 16 nitrogen and oxygen atoms in total. The third-order valence-electron chi connectivity index (χ3n) is 14.1. The van der Waals surface area contributed by atoms with Gasteiger partial charge in [0.25, 0.3) is 5.92 Å². The zero-order valence-electron chi connectivity index (χ0n) is 42.8. The fourth-order valence-electron chi connectivity index (χ4n) is 9.62. The topological polar surface area (TPSA) is 169 Å². The molecular weight excluding hydrogens is 951 g/mol. The molecule has 1 aliphatic carbocycles. The molecule has 24 heteroatoms. The molecular formula is C41H90F2N2O14Si6. The van der Waals surface area contributed by atoms with Gasteiger partial charge in [0.1, 0.15) is 11.8 Å². The van der Waals surface area contributed by atoms with Gasteiger partial charge in [-0.1, -0.05) is 82.0 Å². The van der Waals surface area contributed by atoms with Crippen LogP contribution in [0.3, 0.4) is 0 Å². The quantitative estimate of drug-likeness (QED) is 0.0460. The van der Waals surface area contributed by atoms with Crippen LogP contribution >= 0.6 is 0 Å². The first-order chi connectivity index (χ1) is 30.7. The van der Waals surface area contributed by atoms with Gasteiger partial charge in [0.05, 0.1) is 16.1 Å². The summed E-state index contributed by atoms with van der Waals surface area (Å²) in [6.45, 7) is 7.09. The highest BCUT2D eigenvalue weighted by atomic mass is 28.4. The smallest absolute Gasteiger partial charge is 0.377 e. The standard InChI is InChI=1S/C41H90F2N2O14Si6/c1-36-34-37(39(46)44-22-16-24-60(14,26-18-30-62(48-2,49-3)50-4)27-19-31-63(51-5,52-6)53-7)41(42,43)38(35-36)40(47)45-23-17-25-61(15,28-20-32-64(54-8,55-9)56-10)29-21-33-65(57-11,58-12)59-13/h36-38H,16-35H2,1-15H3,(H,44,46)(H,45,47). The molecule has 0 aromatic rings. The molecule has 0 aromatic carbocycles. The van der Waals surface area contributed by atoms with Gasteiger partial charge in [0.2, 0.25) is 11.8 Å². The summed E-state index contributed by atoms with van der Waals surface area (Å²) in [5, 5.41) is 5.69. The number of nitrogens with one attached hydrogen (secondary N) is 2. The lowest BCUT2D eigenvalue weighted by atomic mass is 9.72. The van der Waals surface area contributed by atoms with Gasteiger partial charge in [-0.3, -0.25) is 9.59 Å².